The fourth-order valence-electron chi connectivity index (χ4n) is 2.21. The van der Waals surface area contributed by atoms with Crippen molar-refractivity contribution in [2.75, 3.05) is 6.54 Å². The second-order valence-corrected chi connectivity index (χ2v) is 4.01. The van der Waals surface area contributed by atoms with E-state index in [1.165, 1.54) is 19.3 Å². The lowest BCUT2D eigenvalue weighted by Gasteiger charge is -2.22. The van der Waals surface area contributed by atoms with Gasteiger partial charge in [-0.2, -0.15) is 5.10 Å². The van der Waals surface area contributed by atoms with Gasteiger partial charge in [-0.3, -0.25) is 10.1 Å². The molecule has 1 fully saturated rings. The van der Waals surface area contributed by atoms with Gasteiger partial charge >= 0.3 is 0 Å². The number of hydrogen-bond acceptors (Lipinski definition) is 3. The lowest BCUT2D eigenvalue weighted by Crippen LogP contribution is -2.27. The van der Waals surface area contributed by atoms with E-state index >= 15 is 0 Å². The monoisotopic (exact) mass is 202 g/mol. The zero-order chi connectivity index (χ0) is 10.1. The van der Waals surface area contributed by atoms with E-state index in [9.17, 15) is 0 Å². The van der Waals surface area contributed by atoms with Crippen molar-refractivity contribution < 1.29 is 0 Å². The molecule has 1 saturated heterocycles. The Hall–Kier alpha value is -1.42. The molecule has 0 saturated carbocycles. The minimum Gasteiger partial charge on any atom is -0.309 e. The standard InChI is InChI=1S/C11H14N4/c1-2-6-12-8(4-1)11-10-9(14-15-11)5-3-7-13-10/h3,5,7-8,12H,1-2,4,6H2,(H,14,15). The van der Waals surface area contributed by atoms with Crippen LogP contribution in [0.2, 0.25) is 0 Å². The number of aromatic nitrogens is 3. The fraction of sp³-hybridized carbons (Fsp3) is 0.455. The molecule has 3 rings (SSSR count). The number of nitrogens with zero attached hydrogens (tertiary/aromatic N) is 2. The van der Waals surface area contributed by atoms with Gasteiger partial charge in [-0.1, -0.05) is 6.42 Å². The molecular formula is C11H14N4. The summed E-state index contributed by atoms with van der Waals surface area (Å²) in [6.07, 6.45) is 5.55. The van der Waals surface area contributed by atoms with Crippen LogP contribution in [0.5, 0.6) is 0 Å². The second kappa shape index (κ2) is 3.62. The van der Waals surface area contributed by atoms with Crippen LogP contribution < -0.4 is 5.32 Å². The van der Waals surface area contributed by atoms with E-state index in [-0.39, 0.29) is 0 Å². The Kier molecular flexibility index (Phi) is 2.14. The van der Waals surface area contributed by atoms with Gasteiger partial charge in [-0.15, -0.1) is 0 Å². The summed E-state index contributed by atoms with van der Waals surface area (Å²) < 4.78 is 0. The number of nitrogens with one attached hydrogen (secondary N) is 2. The average Bonchev–Trinajstić information content (AvgIpc) is 2.74. The molecule has 1 aliphatic rings. The van der Waals surface area contributed by atoms with E-state index in [2.05, 4.69) is 20.5 Å². The molecule has 0 aromatic carbocycles. The van der Waals surface area contributed by atoms with Crippen molar-refractivity contribution in [2.45, 2.75) is 25.3 Å². The number of hydrogen-bond donors (Lipinski definition) is 2. The molecule has 2 aromatic heterocycles. The minimum atomic E-state index is 0.402. The van der Waals surface area contributed by atoms with Gasteiger partial charge in [0.1, 0.15) is 11.0 Å². The maximum atomic E-state index is 4.38. The Morgan fingerprint density at radius 3 is 3.20 bits per heavy atom. The van der Waals surface area contributed by atoms with E-state index in [1.807, 2.05) is 18.3 Å². The number of rotatable bonds is 1. The van der Waals surface area contributed by atoms with E-state index in [1.54, 1.807) is 0 Å². The number of piperidine rings is 1. The second-order valence-electron chi connectivity index (χ2n) is 4.01. The summed E-state index contributed by atoms with van der Waals surface area (Å²) in [5.74, 6) is 0. The Labute approximate surface area is 88.1 Å². The van der Waals surface area contributed by atoms with Gasteiger partial charge in [0.15, 0.2) is 0 Å². The number of aromatic amines is 1. The highest BCUT2D eigenvalue weighted by molar-refractivity contribution is 5.76. The summed E-state index contributed by atoms with van der Waals surface area (Å²) in [5.41, 5.74) is 3.11. The van der Waals surface area contributed by atoms with E-state index in [0.29, 0.717) is 6.04 Å². The van der Waals surface area contributed by atoms with Gasteiger partial charge in [0.2, 0.25) is 0 Å². The molecule has 78 valence electrons. The molecule has 0 aliphatic carbocycles. The Morgan fingerprint density at radius 1 is 1.33 bits per heavy atom. The third-order valence-corrected chi connectivity index (χ3v) is 3.00. The van der Waals surface area contributed by atoms with E-state index in [0.717, 1.165) is 23.3 Å². The van der Waals surface area contributed by atoms with Gasteiger partial charge in [0.05, 0.1) is 11.7 Å². The highest BCUT2D eigenvalue weighted by atomic mass is 15.1. The van der Waals surface area contributed by atoms with Gasteiger partial charge in [0.25, 0.3) is 0 Å². The fourth-order valence-corrected chi connectivity index (χ4v) is 2.21. The Morgan fingerprint density at radius 2 is 2.33 bits per heavy atom. The maximum absolute atomic E-state index is 4.38. The van der Waals surface area contributed by atoms with Crippen molar-refractivity contribution in [1.29, 1.82) is 0 Å². The molecule has 1 atom stereocenters. The average molecular weight is 202 g/mol. The van der Waals surface area contributed by atoms with Crippen molar-refractivity contribution >= 4 is 11.0 Å². The molecule has 15 heavy (non-hydrogen) atoms. The lowest BCUT2D eigenvalue weighted by molar-refractivity contribution is 0.406. The molecule has 0 amide bonds. The third-order valence-electron chi connectivity index (χ3n) is 3.00. The van der Waals surface area contributed by atoms with E-state index < -0.39 is 0 Å². The molecule has 4 nitrogen and oxygen atoms in total. The number of fused-ring (bicyclic) bond motifs is 1. The topological polar surface area (TPSA) is 53.6 Å². The smallest absolute Gasteiger partial charge is 0.113 e. The molecule has 0 spiro atoms. The van der Waals surface area contributed by atoms with Crippen LogP contribution in [0.25, 0.3) is 11.0 Å². The van der Waals surface area contributed by atoms with Crippen LogP contribution in [-0.4, -0.2) is 21.7 Å². The Balaban J connectivity index is 2.02. The Bertz CT molecular complexity index is 456. The third kappa shape index (κ3) is 1.51. The van der Waals surface area contributed by atoms with Gasteiger partial charge in [0, 0.05) is 6.20 Å². The molecule has 0 radical (unpaired) electrons. The van der Waals surface area contributed by atoms with Crippen LogP contribution in [0.15, 0.2) is 18.3 Å². The summed E-state index contributed by atoms with van der Waals surface area (Å²) in [6.45, 7) is 1.10. The maximum Gasteiger partial charge on any atom is 0.113 e. The van der Waals surface area contributed by atoms with Crippen LogP contribution in [0.1, 0.15) is 31.0 Å². The van der Waals surface area contributed by atoms with Crippen molar-refractivity contribution in [3.63, 3.8) is 0 Å². The van der Waals surface area contributed by atoms with Crippen molar-refractivity contribution in [2.24, 2.45) is 0 Å². The van der Waals surface area contributed by atoms with Gasteiger partial charge in [-0.05, 0) is 31.5 Å². The van der Waals surface area contributed by atoms with E-state index in [4.69, 9.17) is 0 Å². The number of pyridine rings is 1. The van der Waals surface area contributed by atoms with Crippen LogP contribution in [0, 0.1) is 0 Å². The molecule has 0 bridgehead atoms. The molecule has 1 aliphatic heterocycles. The molecule has 3 heterocycles. The highest BCUT2D eigenvalue weighted by Crippen LogP contribution is 2.25. The molecule has 1 unspecified atom stereocenters. The zero-order valence-corrected chi connectivity index (χ0v) is 8.53. The minimum absolute atomic E-state index is 0.402. The van der Waals surface area contributed by atoms with Gasteiger partial charge in [-0.25, -0.2) is 0 Å². The van der Waals surface area contributed by atoms with Crippen LogP contribution in [0.3, 0.4) is 0 Å². The molecular weight excluding hydrogens is 188 g/mol. The summed E-state index contributed by atoms with van der Waals surface area (Å²) in [6, 6.07) is 4.31. The molecule has 4 heteroatoms. The quantitative estimate of drug-likeness (QED) is 0.741. The largest absolute Gasteiger partial charge is 0.309 e. The normalized spacial score (nSPS) is 22.0. The summed E-state index contributed by atoms with van der Waals surface area (Å²) in [4.78, 5) is 4.38. The first-order valence-electron chi connectivity index (χ1n) is 5.47. The summed E-state index contributed by atoms with van der Waals surface area (Å²) >= 11 is 0. The lowest BCUT2D eigenvalue weighted by atomic mass is 10.0. The summed E-state index contributed by atoms with van der Waals surface area (Å²) in [7, 11) is 0. The van der Waals surface area contributed by atoms with Crippen LogP contribution >= 0.6 is 0 Å². The first-order chi connectivity index (χ1) is 7.45. The van der Waals surface area contributed by atoms with Crippen LogP contribution in [0.4, 0.5) is 0 Å². The number of H-pyrrole nitrogens is 1. The predicted molar refractivity (Wildman–Crippen MR) is 58.5 cm³/mol. The summed E-state index contributed by atoms with van der Waals surface area (Å²) in [5, 5.41) is 10.9. The first-order valence-corrected chi connectivity index (χ1v) is 5.47. The van der Waals surface area contributed by atoms with Gasteiger partial charge < -0.3 is 5.32 Å². The zero-order valence-electron chi connectivity index (χ0n) is 8.53. The molecule has 2 aromatic rings. The van der Waals surface area contributed by atoms with Crippen molar-refractivity contribution in [1.82, 2.24) is 20.5 Å². The predicted octanol–water partition coefficient (Wildman–Crippen LogP) is 1.77. The SMILES string of the molecule is c1cnc2c(C3CCCCN3)[nH]nc2c1. The highest BCUT2D eigenvalue weighted by Gasteiger charge is 2.19. The van der Waals surface area contributed by atoms with Crippen LogP contribution in [-0.2, 0) is 0 Å². The van der Waals surface area contributed by atoms with Crippen molar-refractivity contribution in [3.05, 3.63) is 24.0 Å². The van der Waals surface area contributed by atoms with Crippen molar-refractivity contribution in [3.8, 4) is 0 Å². The molecule has 2 N–H and O–H groups in total. The first kappa shape index (κ1) is 8.85.